The number of nitrogens with zero attached hydrogens (tertiary/aromatic N) is 2. The number of hydrogen-bond donors (Lipinski definition) is 1. The number of non-ortho nitro benzene ring substituents is 1. The van der Waals surface area contributed by atoms with Gasteiger partial charge in [0.1, 0.15) is 5.76 Å². The van der Waals surface area contributed by atoms with Crippen molar-refractivity contribution in [2.45, 2.75) is 6.92 Å². The lowest BCUT2D eigenvalue weighted by Gasteiger charge is -2.31. The van der Waals surface area contributed by atoms with Gasteiger partial charge < -0.3 is 19.4 Å². The number of amides is 1. The molecule has 0 radical (unpaired) electrons. The number of hydrogen-bond acceptors (Lipinski definition) is 6. The first-order chi connectivity index (χ1) is 14.9. The molecule has 0 bridgehead atoms. The summed E-state index contributed by atoms with van der Waals surface area (Å²) in [6.45, 7) is 4.29. The Morgan fingerprint density at radius 3 is 2.65 bits per heavy atom. The number of nitro benzene ring substituents is 1. The quantitative estimate of drug-likeness (QED) is 0.446. The molecule has 0 aliphatic carbocycles. The lowest BCUT2D eigenvalue weighted by Crippen LogP contribution is -2.37. The maximum Gasteiger partial charge on any atom is 0.291 e. The highest BCUT2D eigenvalue weighted by atomic mass is 35.5. The minimum absolute atomic E-state index is 0.00220. The van der Waals surface area contributed by atoms with Crippen molar-refractivity contribution in [3.05, 3.63) is 75.0 Å². The molecule has 160 valence electrons. The molecular weight excluding hydrogens is 422 g/mol. The van der Waals surface area contributed by atoms with Crippen molar-refractivity contribution in [3.8, 4) is 11.3 Å². The number of anilines is 2. The van der Waals surface area contributed by atoms with Crippen LogP contribution in [0.3, 0.4) is 0 Å². The monoisotopic (exact) mass is 441 g/mol. The summed E-state index contributed by atoms with van der Waals surface area (Å²) >= 11 is 6.42. The number of carbonyl (C=O) groups is 1. The molecule has 8 nitrogen and oxygen atoms in total. The van der Waals surface area contributed by atoms with Gasteiger partial charge in [-0.3, -0.25) is 14.9 Å². The van der Waals surface area contributed by atoms with Crippen LogP contribution in [0.25, 0.3) is 11.3 Å². The smallest absolute Gasteiger partial charge is 0.291 e. The van der Waals surface area contributed by atoms with Crippen LogP contribution in [0.1, 0.15) is 16.1 Å². The maximum absolute atomic E-state index is 12.9. The van der Waals surface area contributed by atoms with E-state index in [2.05, 4.69) is 10.2 Å². The van der Waals surface area contributed by atoms with Crippen molar-refractivity contribution in [1.29, 1.82) is 0 Å². The summed E-state index contributed by atoms with van der Waals surface area (Å²) in [5.41, 5.74) is 2.70. The van der Waals surface area contributed by atoms with E-state index in [9.17, 15) is 14.9 Å². The van der Waals surface area contributed by atoms with E-state index in [0.29, 0.717) is 53.9 Å². The Bertz CT molecular complexity index is 1140. The van der Waals surface area contributed by atoms with Crippen LogP contribution in [0.2, 0.25) is 5.02 Å². The van der Waals surface area contributed by atoms with E-state index in [1.807, 2.05) is 0 Å². The fourth-order valence-corrected chi connectivity index (χ4v) is 3.85. The number of benzene rings is 2. The summed E-state index contributed by atoms with van der Waals surface area (Å²) in [4.78, 5) is 25.4. The molecule has 1 saturated heterocycles. The van der Waals surface area contributed by atoms with Crippen LogP contribution in [0.4, 0.5) is 17.1 Å². The summed E-state index contributed by atoms with van der Waals surface area (Å²) in [6.07, 6.45) is 0. The van der Waals surface area contributed by atoms with Gasteiger partial charge in [-0.15, -0.1) is 0 Å². The molecule has 1 aliphatic rings. The predicted molar refractivity (Wildman–Crippen MR) is 118 cm³/mol. The molecule has 0 atom stereocenters. The van der Waals surface area contributed by atoms with E-state index in [0.717, 1.165) is 5.69 Å². The number of ether oxygens (including phenoxy) is 1. The van der Waals surface area contributed by atoms with Crippen LogP contribution in [-0.4, -0.2) is 37.1 Å². The summed E-state index contributed by atoms with van der Waals surface area (Å²) in [6, 6.07) is 13.1. The summed E-state index contributed by atoms with van der Waals surface area (Å²) in [5, 5.41) is 14.4. The Balaban J connectivity index is 1.57. The van der Waals surface area contributed by atoms with Gasteiger partial charge in [-0.05, 0) is 42.8 Å². The third-order valence-electron chi connectivity index (χ3n) is 5.08. The minimum Gasteiger partial charge on any atom is -0.451 e. The molecule has 0 saturated carbocycles. The Morgan fingerprint density at radius 1 is 1.16 bits per heavy atom. The summed E-state index contributed by atoms with van der Waals surface area (Å²) < 4.78 is 11.2. The van der Waals surface area contributed by atoms with Gasteiger partial charge in [0.2, 0.25) is 0 Å². The van der Waals surface area contributed by atoms with Gasteiger partial charge in [0.15, 0.2) is 5.76 Å². The molecule has 0 spiro atoms. The first-order valence-electron chi connectivity index (χ1n) is 9.72. The van der Waals surface area contributed by atoms with Crippen molar-refractivity contribution in [2.75, 3.05) is 36.5 Å². The average Bonchev–Trinajstić information content (AvgIpc) is 3.24. The number of aryl methyl sites for hydroxylation is 1. The number of carbonyl (C=O) groups excluding carboxylic acids is 1. The largest absolute Gasteiger partial charge is 0.451 e. The van der Waals surface area contributed by atoms with E-state index in [1.54, 1.807) is 43.3 Å². The van der Waals surface area contributed by atoms with E-state index < -0.39 is 10.8 Å². The van der Waals surface area contributed by atoms with Crippen LogP contribution in [-0.2, 0) is 4.74 Å². The highest BCUT2D eigenvalue weighted by Crippen LogP contribution is 2.35. The molecule has 1 fully saturated rings. The van der Waals surface area contributed by atoms with Crippen molar-refractivity contribution >= 4 is 34.6 Å². The fourth-order valence-electron chi connectivity index (χ4n) is 3.55. The predicted octanol–water partition coefficient (Wildman–Crippen LogP) is 4.91. The van der Waals surface area contributed by atoms with Gasteiger partial charge in [0, 0.05) is 30.8 Å². The Kier molecular flexibility index (Phi) is 5.92. The molecule has 31 heavy (non-hydrogen) atoms. The van der Waals surface area contributed by atoms with Crippen LogP contribution < -0.4 is 10.2 Å². The Hall–Kier alpha value is -3.36. The SMILES string of the molecule is Cc1cc([N+](=O)[O-])ccc1-c1ccc(C(=O)Nc2cccc(Cl)c2N2CCOCC2)o1. The van der Waals surface area contributed by atoms with Gasteiger partial charge in [-0.25, -0.2) is 0 Å². The van der Waals surface area contributed by atoms with Crippen LogP contribution in [0.5, 0.6) is 0 Å². The van der Waals surface area contributed by atoms with E-state index >= 15 is 0 Å². The number of rotatable bonds is 5. The van der Waals surface area contributed by atoms with E-state index in [-0.39, 0.29) is 11.4 Å². The number of furan rings is 1. The van der Waals surface area contributed by atoms with Crippen LogP contribution in [0, 0.1) is 17.0 Å². The van der Waals surface area contributed by atoms with Crippen LogP contribution in [0.15, 0.2) is 52.9 Å². The molecule has 1 aliphatic heterocycles. The Morgan fingerprint density at radius 2 is 1.94 bits per heavy atom. The first kappa shape index (κ1) is 20.9. The molecule has 0 unspecified atom stereocenters. The second-order valence-corrected chi connectivity index (χ2v) is 7.52. The molecule has 3 aromatic rings. The zero-order valence-electron chi connectivity index (χ0n) is 16.8. The van der Waals surface area contributed by atoms with Crippen molar-refractivity contribution < 1.29 is 18.9 Å². The molecule has 1 amide bonds. The zero-order chi connectivity index (χ0) is 22.0. The van der Waals surface area contributed by atoms with Gasteiger partial charge in [-0.1, -0.05) is 17.7 Å². The van der Waals surface area contributed by atoms with Crippen molar-refractivity contribution in [3.63, 3.8) is 0 Å². The summed E-state index contributed by atoms with van der Waals surface area (Å²) in [5.74, 6) is 0.167. The topological polar surface area (TPSA) is 97.8 Å². The number of halogens is 1. The first-order valence-corrected chi connectivity index (χ1v) is 10.1. The van der Waals surface area contributed by atoms with Gasteiger partial charge >= 0.3 is 0 Å². The highest BCUT2D eigenvalue weighted by Gasteiger charge is 2.21. The second kappa shape index (κ2) is 8.79. The molecular formula is C22H20ClN3O5. The molecule has 1 N–H and O–H groups in total. The highest BCUT2D eigenvalue weighted by molar-refractivity contribution is 6.34. The maximum atomic E-state index is 12.9. The molecule has 1 aromatic heterocycles. The lowest BCUT2D eigenvalue weighted by molar-refractivity contribution is -0.384. The number of para-hydroxylation sites is 1. The van der Waals surface area contributed by atoms with Gasteiger partial charge in [0.05, 0.1) is 34.5 Å². The van der Waals surface area contributed by atoms with Crippen molar-refractivity contribution in [1.82, 2.24) is 0 Å². The standard InChI is InChI=1S/C22H20ClN3O5/c1-14-13-15(26(28)29)5-6-16(14)19-7-8-20(31-19)22(27)24-18-4-2-3-17(23)21(18)25-9-11-30-12-10-25/h2-8,13H,9-12H2,1H3,(H,24,27). The van der Waals surface area contributed by atoms with Crippen LogP contribution >= 0.6 is 11.6 Å². The minimum atomic E-state index is -0.450. The van der Waals surface area contributed by atoms with Gasteiger partial charge in [-0.2, -0.15) is 0 Å². The lowest BCUT2D eigenvalue weighted by atomic mass is 10.1. The average molecular weight is 442 g/mol. The van der Waals surface area contributed by atoms with E-state index in [1.165, 1.54) is 12.1 Å². The molecule has 9 heteroatoms. The summed E-state index contributed by atoms with van der Waals surface area (Å²) in [7, 11) is 0. The number of nitrogens with one attached hydrogen (secondary N) is 1. The molecule has 4 rings (SSSR count). The molecule has 2 heterocycles. The van der Waals surface area contributed by atoms with Crippen molar-refractivity contribution in [2.24, 2.45) is 0 Å². The fraction of sp³-hybridized carbons (Fsp3) is 0.227. The third-order valence-corrected chi connectivity index (χ3v) is 5.38. The van der Waals surface area contributed by atoms with E-state index in [4.69, 9.17) is 20.8 Å². The van der Waals surface area contributed by atoms with Gasteiger partial charge in [0.25, 0.3) is 11.6 Å². The zero-order valence-corrected chi connectivity index (χ0v) is 17.5. The second-order valence-electron chi connectivity index (χ2n) is 7.11. The Labute approximate surface area is 183 Å². The third kappa shape index (κ3) is 4.40. The molecule has 2 aromatic carbocycles. The normalized spacial score (nSPS) is 13.8. The number of nitro groups is 1. The number of morpholine rings is 1.